The van der Waals surface area contributed by atoms with Gasteiger partial charge in [0.05, 0.1) is 10.5 Å². The van der Waals surface area contributed by atoms with Crippen molar-refractivity contribution in [3.05, 3.63) is 63.8 Å². The van der Waals surface area contributed by atoms with Gasteiger partial charge in [-0.25, -0.2) is 4.98 Å². The van der Waals surface area contributed by atoms with Crippen molar-refractivity contribution in [3.8, 4) is 6.07 Å². The maximum Gasteiger partial charge on any atom is 0.328 e. The van der Waals surface area contributed by atoms with Crippen molar-refractivity contribution in [2.45, 2.75) is 18.9 Å². The predicted molar refractivity (Wildman–Crippen MR) is 84.7 cm³/mol. The Hall–Kier alpha value is -2.98. The molecule has 0 saturated carbocycles. The molecule has 118 valence electrons. The summed E-state index contributed by atoms with van der Waals surface area (Å²) in [4.78, 5) is 14.4. The van der Waals surface area contributed by atoms with Gasteiger partial charge < -0.3 is 10.4 Å². The number of nitrogens with one attached hydrogen (secondary N) is 1. The van der Waals surface area contributed by atoms with Crippen LogP contribution in [0.15, 0.2) is 42.6 Å². The minimum Gasteiger partial charge on any atom is -0.385 e. The van der Waals surface area contributed by atoms with Gasteiger partial charge in [0, 0.05) is 12.7 Å². The van der Waals surface area contributed by atoms with Gasteiger partial charge in [0.25, 0.3) is 0 Å². The molecule has 0 aliphatic carbocycles. The van der Waals surface area contributed by atoms with Gasteiger partial charge in [-0.2, -0.15) is 5.26 Å². The smallest absolute Gasteiger partial charge is 0.328 e. The van der Waals surface area contributed by atoms with Gasteiger partial charge in [-0.05, 0) is 25.0 Å². The molecule has 1 aromatic carbocycles. The fourth-order valence-corrected chi connectivity index (χ4v) is 2.22. The van der Waals surface area contributed by atoms with E-state index in [4.69, 9.17) is 5.26 Å². The molecule has 23 heavy (non-hydrogen) atoms. The van der Waals surface area contributed by atoms with E-state index in [1.807, 2.05) is 30.3 Å². The highest BCUT2D eigenvalue weighted by molar-refractivity contribution is 5.64. The minimum atomic E-state index is -1.07. The summed E-state index contributed by atoms with van der Waals surface area (Å²) in [5, 5.41) is 33.4. The van der Waals surface area contributed by atoms with Crippen molar-refractivity contribution in [2.75, 3.05) is 11.9 Å². The van der Waals surface area contributed by atoms with Gasteiger partial charge >= 0.3 is 5.69 Å². The third-order valence-electron chi connectivity index (χ3n) is 3.53. The summed E-state index contributed by atoms with van der Waals surface area (Å²) in [6.07, 6.45) is 1.66. The summed E-state index contributed by atoms with van der Waals surface area (Å²) in [5.74, 6) is 0.0258. The highest BCUT2D eigenvalue weighted by atomic mass is 16.6. The first kappa shape index (κ1) is 16.4. The van der Waals surface area contributed by atoms with Gasteiger partial charge in [-0.3, -0.25) is 10.1 Å². The molecule has 7 heteroatoms. The van der Waals surface area contributed by atoms with Crippen molar-refractivity contribution < 1.29 is 10.0 Å². The molecule has 1 atom stereocenters. The van der Waals surface area contributed by atoms with E-state index >= 15 is 0 Å². The summed E-state index contributed by atoms with van der Waals surface area (Å²) in [5.41, 5.74) is -0.720. The predicted octanol–water partition coefficient (Wildman–Crippen LogP) is 2.57. The number of anilines is 1. The van der Waals surface area contributed by atoms with Gasteiger partial charge in [0.2, 0.25) is 5.82 Å². The van der Waals surface area contributed by atoms with Gasteiger partial charge in [0.15, 0.2) is 0 Å². The number of aliphatic hydroxyl groups is 1. The molecule has 2 N–H and O–H groups in total. The minimum absolute atomic E-state index is 0.0258. The fourth-order valence-electron chi connectivity index (χ4n) is 2.22. The van der Waals surface area contributed by atoms with Crippen molar-refractivity contribution in [3.63, 3.8) is 0 Å². The third-order valence-corrected chi connectivity index (χ3v) is 3.53. The van der Waals surface area contributed by atoms with E-state index in [0.29, 0.717) is 6.42 Å². The monoisotopic (exact) mass is 312 g/mol. The summed E-state index contributed by atoms with van der Waals surface area (Å²) in [7, 11) is 0. The molecule has 0 aliphatic rings. The SMILES string of the molecule is CC(O)(CCNc1nccc(C#N)c1[N+](=O)[O-])c1ccccc1. The Balaban J connectivity index is 2.11. The second-order valence-electron chi connectivity index (χ2n) is 5.24. The molecule has 0 aliphatic heterocycles. The lowest BCUT2D eigenvalue weighted by Crippen LogP contribution is -2.25. The Morgan fingerprint density at radius 3 is 2.70 bits per heavy atom. The molecule has 2 rings (SSSR count). The van der Waals surface area contributed by atoms with Crippen LogP contribution in [0.3, 0.4) is 0 Å². The van der Waals surface area contributed by atoms with E-state index in [-0.39, 0.29) is 23.6 Å². The normalized spacial score (nSPS) is 12.9. The Kier molecular flexibility index (Phi) is 4.88. The molecule has 0 saturated heterocycles. The Morgan fingerprint density at radius 1 is 1.39 bits per heavy atom. The van der Waals surface area contributed by atoms with E-state index in [0.717, 1.165) is 5.56 Å². The average molecular weight is 312 g/mol. The third kappa shape index (κ3) is 3.81. The molecule has 0 fully saturated rings. The van der Waals surface area contributed by atoms with E-state index in [2.05, 4.69) is 10.3 Å². The lowest BCUT2D eigenvalue weighted by Gasteiger charge is -2.24. The first-order chi connectivity index (χ1) is 11.0. The van der Waals surface area contributed by atoms with Crippen molar-refractivity contribution in [2.24, 2.45) is 0 Å². The van der Waals surface area contributed by atoms with Crippen LogP contribution in [0.4, 0.5) is 11.5 Å². The quantitative estimate of drug-likeness (QED) is 0.626. The summed E-state index contributed by atoms with van der Waals surface area (Å²) in [6.45, 7) is 1.95. The van der Waals surface area contributed by atoms with Crippen molar-refractivity contribution in [1.29, 1.82) is 5.26 Å². The van der Waals surface area contributed by atoms with Crippen molar-refractivity contribution in [1.82, 2.24) is 4.98 Å². The molecule has 2 aromatic rings. The second-order valence-corrected chi connectivity index (χ2v) is 5.24. The zero-order valence-electron chi connectivity index (χ0n) is 12.6. The number of nitrogens with zero attached hydrogens (tertiary/aromatic N) is 3. The zero-order chi connectivity index (χ0) is 16.9. The Bertz CT molecular complexity index is 739. The van der Waals surface area contributed by atoms with Crippen LogP contribution in [0, 0.1) is 21.4 Å². The molecule has 1 unspecified atom stereocenters. The van der Waals surface area contributed by atoms with Crippen molar-refractivity contribution >= 4 is 11.5 Å². The first-order valence-corrected chi connectivity index (χ1v) is 7.01. The highest BCUT2D eigenvalue weighted by Gasteiger charge is 2.24. The number of hydrogen-bond acceptors (Lipinski definition) is 6. The van der Waals surface area contributed by atoms with Crippen LogP contribution in [0.5, 0.6) is 0 Å². The number of pyridine rings is 1. The molecule has 1 aromatic heterocycles. The van der Waals surface area contributed by atoms with Gasteiger partial charge in [-0.15, -0.1) is 0 Å². The number of hydrogen-bond donors (Lipinski definition) is 2. The molecule has 1 heterocycles. The van der Waals surface area contributed by atoms with E-state index in [1.165, 1.54) is 12.3 Å². The van der Waals surface area contributed by atoms with E-state index < -0.39 is 10.5 Å². The Labute approximate surface area is 133 Å². The number of nitro groups is 1. The lowest BCUT2D eigenvalue weighted by molar-refractivity contribution is -0.384. The zero-order valence-corrected chi connectivity index (χ0v) is 12.6. The number of nitriles is 1. The number of benzene rings is 1. The molecule has 0 bridgehead atoms. The first-order valence-electron chi connectivity index (χ1n) is 7.01. The standard InChI is InChI=1S/C16H16N4O3/c1-16(21,13-5-3-2-4-6-13)8-10-19-15-14(20(22)23)12(11-17)7-9-18-15/h2-7,9,21H,8,10H2,1H3,(H,18,19). The second kappa shape index (κ2) is 6.85. The topological polar surface area (TPSA) is 112 Å². The lowest BCUT2D eigenvalue weighted by atomic mass is 9.93. The van der Waals surface area contributed by atoms with Crippen LogP contribution < -0.4 is 5.32 Å². The fraction of sp³-hybridized carbons (Fsp3) is 0.250. The number of aromatic nitrogens is 1. The van der Waals surface area contributed by atoms with E-state index in [9.17, 15) is 15.2 Å². The Morgan fingerprint density at radius 2 is 2.09 bits per heavy atom. The van der Waals surface area contributed by atoms with Crippen LogP contribution in [-0.2, 0) is 5.60 Å². The van der Waals surface area contributed by atoms with E-state index in [1.54, 1.807) is 13.0 Å². The van der Waals surface area contributed by atoms with Crippen LogP contribution in [0.2, 0.25) is 0 Å². The molecule has 0 amide bonds. The molecule has 7 nitrogen and oxygen atoms in total. The average Bonchev–Trinajstić information content (AvgIpc) is 2.55. The maximum atomic E-state index is 11.1. The van der Waals surface area contributed by atoms with Gasteiger partial charge in [-0.1, -0.05) is 30.3 Å². The van der Waals surface area contributed by atoms with Crippen LogP contribution >= 0.6 is 0 Å². The summed E-state index contributed by atoms with van der Waals surface area (Å²) >= 11 is 0. The highest BCUT2D eigenvalue weighted by Crippen LogP contribution is 2.27. The molecule has 0 spiro atoms. The molecular weight excluding hydrogens is 296 g/mol. The molecular formula is C16H16N4O3. The number of rotatable bonds is 6. The van der Waals surface area contributed by atoms with Crippen LogP contribution in [0.1, 0.15) is 24.5 Å². The van der Waals surface area contributed by atoms with Gasteiger partial charge in [0.1, 0.15) is 11.6 Å². The summed E-state index contributed by atoms with van der Waals surface area (Å²) < 4.78 is 0. The largest absolute Gasteiger partial charge is 0.385 e. The summed E-state index contributed by atoms with van der Waals surface area (Å²) in [6, 6.07) is 12.2. The molecule has 0 radical (unpaired) electrons. The maximum absolute atomic E-state index is 11.1. The van der Waals surface area contributed by atoms with Crippen LogP contribution in [-0.4, -0.2) is 21.6 Å². The van der Waals surface area contributed by atoms with Crippen LogP contribution in [0.25, 0.3) is 0 Å².